The lowest BCUT2D eigenvalue weighted by Crippen LogP contribution is -2.64. The van der Waals surface area contributed by atoms with Crippen molar-refractivity contribution in [3.8, 4) is 0 Å². The van der Waals surface area contributed by atoms with Crippen LogP contribution in [0.25, 0.3) is 11.2 Å². The van der Waals surface area contributed by atoms with Gasteiger partial charge >= 0.3 is 5.69 Å². The van der Waals surface area contributed by atoms with Crippen LogP contribution in [-0.2, 0) is 13.6 Å². The SMILES string of the molecule is Cn1c(=O)n(CC(C)(C)C)c2ccc(N3CC4CCC3CN4C(=O)c3cc(F)ccc3F)nc21. The van der Waals surface area contributed by atoms with Crippen LogP contribution in [0.2, 0.25) is 0 Å². The molecule has 2 atom stereocenters. The van der Waals surface area contributed by atoms with Gasteiger partial charge in [-0.25, -0.2) is 18.6 Å². The summed E-state index contributed by atoms with van der Waals surface area (Å²) in [4.78, 5) is 34.6. The minimum absolute atomic E-state index is 0.0178. The third kappa shape index (κ3) is 3.76. The summed E-state index contributed by atoms with van der Waals surface area (Å²) in [6.07, 6.45) is 1.68. The summed E-state index contributed by atoms with van der Waals surface area (Å²) in [5.74, 6) is -1.06. The summed E-state index contributed by atoms with van der Waals surface area (Å²) in [6, 6.07) is 6.75. The first-order valence-electron chi connectivity index (χ1n) is 11.6. The second kappa shape index (κ2) is 7.92. The van der Waals surface area contributed by atoms with Gasteiger partial charge in [0.15, 0.2) is 5.65 Å². The molecule has 0 aliphatic carbocycles. The van der Waals surface area contributed by atoms with Crippen molar-refractivity contribution in [1.82, 2.24) is 19.0 Å². The molecule has 1 amide bonds. The molecule has 9 heteroatoms. The minimum atomic E-state index is -0.711. The van der Waals surface area contributed by atoms with Crippen LogP contribution in [0.5, 0.6) is 0 Å². The second-order valence-electron chi connectivity index (χ2n) is 10.6. The van der Waals surface area contributed by atoms with Crippen LogP contribution in [0.15, 0.2) is 35.1 Å². The summed E-state index contributed by atoms with van der Waals surface area (Å²) < 4.78 is 31.2. The Hall–Kier alpha value is -3.23. The van der Waals surface area contributed by atoms with E-state index in [1.807, 2.05) is 12.1 Å². The van der Waals surface area contributed by atoms with E-state index in [1.165, 1.54) is 0 Å². The highest BCUT2D eigenvalue weighted by Gasteiger charge is 2.42. The molecule has 3 fully saturated rings. The number of aromatic nitrogens is 3. The fourth-order valence-corrected chi connectivity index (χ4v) is 5.22. The Labute approximate surface area is 196 Å². The first-order chi connectivity index (χ1) is 16.0. The molecule has 2 unspecified atom stereocenters. The largest absolute Gasteiger partial charge is 0.350 e. The van der Waals surface area contributed by atoms with Crippen molar-refractivity contribution in [3.63, 3.8) is 0 Å². The van der Waals surface area contributed by atoms with E-state index in [-0.39, 0.29) is 28.8 Å². The van der Waals surface area contributed by atoms with Crippen molar-refractivity contribution >= 4 is 22.9 Å². The van der Waals surface area contributed by atoms with Crippen molar-refractivity contribution < 1.29 is 13.6 Å². The molecule has 2 aromatic heterocycles. The maximum absolute atomic E-state index is 14.2. The molecule has 2 bridgehead atoms. The molecule has 180 valence electrons. The molecule has 3 aliphatic rings. The lowest BCUT2D eigenvalue weighted by molar-refractivity contribution is 0.0499. The van der Waals surface area contributed by atoms with Crippen LogP contribution >= 0.6 is 0 Å². The maximum Gasteiger partial charge on any atom is 0.330 e. The number of carbonyl (C=O) groups is 1. The number of anilines is 1. The number of fused-ring (bicyclic) bond motifs is 4. The number of pyridine rings is 1. The van der Waals surface area contributed by atoms with E-state index in [4.69, 9.17) is 4.98 Å². The predicted molar refractivity (Wildman–Crippen MR) is 126 cm³/mol. The third-order valence-electron chi connectivity index (χ3n) is 6.84. The van der Waals surface area contributed by atoms with Crippen LogP contribution in [0, 0.1) is 17.0 Å². The first-order valence-corrected chi connectivity index (χ1v) is 11.6. The molecule has 0 saturated carbocycles. The zero-order valence-corrected chi connectivity index (χ0v) is 19.9. The van der Waals surface area contributed by atoms with Crippen LogP contribution in [0.4, 0.5) is 14.6 Å². The number of benzene rings is 1. The van der Waals surface area contributed by atoms with Crippen molar-refractivity contribution in [2.45, 2.75) is 52.2 Å². The number of piperidine rings is 2. The lowest BCUT2D eigenvalue weighted by Gasteiger charge is -2.52. The Bertz CT molecular complexity index is 1340. The number of amides is 1. The molecular formula is C25H29F2N5O2. The number of aryl methyl sites for hydroxylation is 1. The summed E-state index contributed by atoms with van der Waals surface area (Å²) in [5, 5.41) is 0. The molecule has 0 radical (unpaired) electrons. The Balaban J connectivity index is 1.43. The van der Waals surface area contributed by atoms with Crippen LogP contribution in [0.3, 0.4) is 0 Å². The molecule has 6 rings (SSSR count). The van der Waals surface area contributed by atoms with Gasteiger partial charge in [-0.15, -0.1) is 0 Å². The molecule has 1 aromatic carbocycles. The van der Waals surface area contributed by atoms with E-state index in [0.29, 0.717) is 25.3 Å². The van der Waals surface area contributed by atoms with Gasteiger partial charge in [-0.05, 0) is 48.6 Å². The minimum Gasteiger partial charge on any atom is -0.350 e. The van der Waals surface area contributed by atoms with E-state index < -0.39 is 17.5 Å². The Morgan fingerprint density at radius 3 is 2.50 bits per heavy atom. The molecule has 7 nitrogen and oxygen atoms in total. The van der Waals surface area contributed by atoms with Crippen molar-refractivity contribution in [1.29, 1.82) is 0 Å². The number of piperazine rings is 1. The number of carbonyl (C=O) groups excluding carboxylic acids is 1. The molecule has 0 N–H and O–H groups in total. The van der Waals surface area contributed by atoms with Gasteiger partial charge in [0, 0.05) is 38.8 Å². The summed E-state index contributed by atoms with van der Waals surface area (Å²) >= 11 is 0. The predicted octanol–water partition coefficient (Wildman–Crippen LogP) is 3.55. The van der Waals surface area contributed by atoms with Gasteiger partial charge in [-0.2, -0.15) is 0 Å². The highest BCUT2D eigenvalue weighted by molar-refractivity contribution is 5.95. The number of hydrogen-bond acceptors (Lipinski definition) is 4. The first kappa shape index (κ1) is 22.6. The average molecular weight is 470 g/mol. The van der Waals surface area contributed by atoms with E-state index in [0.717, 1.165) is 42.4 Å². The zero-order chi connectivity index (χ0) is 24.4. The number of imidazole rings is 1. The summed E-state index contributed by atoms with van der Waals surface area (Å²) in [5.41, 5.74) is 1.05. The van der Waals surface area contributed by atoms with E-state index >= 15 is 0 Å². The normalized spacial score (nSPS) is 20.4. The van der Waals surface area contributed by atoms with Crippen molar-refractivity contribution in [2.24, 2.45) is 12.5 Å². The highest BCUT2D eigenvalue weighted by atomic mass is 19.1. The van der Waals surface area contributed by atoms with Gasteiger partial charge in [-0.1, -0.05) is 20.8 Å². The molecule has 0 spiro atoms. The van der Waals surface area contributed by atoms with E-state index in [9.17, 15) is 18.4 Å². The Morgan fingerprint density at radius 1 is 1.09 bits per heavy atom. The van der Waals surface area contributed by atoms with Crippen molar-refractivity contribution in [2.75, 3.05) is 18.0 Å². The standard InChI is InChI=1S/C25H29F2N5O2/c1-25(2,3)14-32-20-9-10-21(28-22(20)29(4)24(32)34)30-12-17-7-6-16(30)13-31(17)23(33)18-11-15(26)5-8-19(18)27/h5,8-11,16-17H,6-7,12-14H2,1-4H3. The van der Waals surface area contributed by atoms with Gasteiger partial charge in [0.1, 0.15) is 17.5 Å². The van der Waals surface area contributed by atoms with Crippen molar-refractivity contribution in [3.05, 3.63) is 58.0 Å². The van der Waals surface area contributed by atoms with Crippen LogP contribution in [0.1, 0.15) is 44.0 Å². The molecule has 34 heavy (non-hydrogen) atoms. The van der Waals surface area contributed by atoms with E-state index in [1.54, 1.807) is 21.1 Å². The molecule has 3 aromatic rings. The van der Waals surface area contributed by atoms with E-state index in [2.05, 4.69) is 25.7 Å². The number of rotatable bonds is 3. The quantitative estimate of drug-likeness (QED) is 0.589. The molecular weight excluding hydrogens is 440 g/mol. The Morgan fingerprint density at radius 2 is 1.82 bits per heavy atom. The number of halogens is 2. The molecule has 5 heterocycles. The third-order valence-corrected chi connectivity index (χ3v) is 6.84. The molecule has 3 aliphatic heterocycles. The van der Waals surface area contributed by atoms with Gasteiger partial charge in [0.05, 0.1) is 11.1 Å². The summed E-state index contributed by atoms with van der Waals surface area (Å²) in [6.45, 7) is 7.84. The lowest BCUT2D eigenvalue weighted by atomic mass is 9.90. The molecule has 3 saturated heterocycles. The number of hydrogen-bond donors (Lipinski definition) is 0. The van der Waals surface area contributed by atoms with Crippen LogP contribution < -0.4 is 10.6 Å². The average Bonchev–Trinajstić information content (AvgIpc) is 3.03. The Kier molecular flexibility index (Phi) is 5.26. The fourth-order valence-electron chi connectivity index (χ4n) is 5.22. The topological polar surface area (TPSA) is 63.4 Å². The number of nitrogens with zero attached hydrogens (tertiary/aromatic N) is 5. The summed E-state index contributed by atoms with van der Waals surface area (Å²) in [7, 11) is 1.73. The van der Waals surface area contributed by atoms with Gasteiger partial charge in [-0.3, -0.25) is 13.9 Å². The fraction of sp³-hybridized carbons (Fsp3) is 0.480. The van der Waals surface area contributed by atoms with Gasteiger partial charge in [0.25, 0.3) is 5.91 Å². The van der Waals surface area contributed by atoms with Gasteiger partial charge < -0.3 is 9.80 Å². The monoisotopic (exact) mass is 469 g/mol. The second-order valence-corrected chi connectivity index (χ2v) is 10.6. The smallest absolute Gasteiger partial charge is 0.330 e. The van der Waals surface area contributed by atoms with Gasteiger partial charge in [0.2, 0.25) is 0 Å². The maximum atomic E-state index is 14.2. The zero-order valence-electron chi connectivity index (χ0n) is 19.9. The highest BCUT2D eigenvalue weighted by Crippen LogP contribution is 2.34. The van der Waals surface area contributed by atoms with Crippen LogP contribution in [-0.4, -0.2) is 50.1 Å².